The lowest BCUT2D eigenvalue weighted by Gasteiger charge is -2.30. The maximum atomic E-state index is 13.0. The maximum Gasteiger partial charge on any atom is 0.406 e. The fourth-order valence-corrected chi connectivity index (χ4v) is 3.62. The molecule has 2 bridgehead atoms. The van der Waals surface area contributed by atoms with Crippen LogP contribution in [-0.4, -0.2) is 52.1 Å². The lowest BCUT2D eigenvalue weighted by Crippen LogP contribution is -2.38. The van der Waals surface area contributed by atoms with Crippen LogP contribution in [0.2, 0.25) is 0 Å². The van der Waals surface area contributed by atoms with Gasteiger partial charge in [0.05, 0.1) is 18.4 Å². The molecule has 1 aromatic carbocycles. The first kappa shape index (κ1) is 17.3. The average molecular weight is 371 g/mol. The normalized spacial score (nSPS) is 20.6. The average Bonchev–Trinajstić information content (AvgIpc) is 3.21. The largest absolute Gasteiger partial charge is 0.447 e. The van der Waals surface area contributed by atoms with Crippen LogP contribution in [0.3, 0.4) is 0 Å². The highest BCUT2D eigenvalue weighted by Gasteiger charge is 2.50. The number of carbonyl (C=O) groups excluding carboxylic acids is 2. The predicted molar refractivity (Wildman–Crippen MR) is 94.3 cm³/mol. The Morgan fingerprint density at radius 2 is 2.11 bits per heavy atom. The maximum absolute atomic E-state index is 13.0. The third kappa shape index (κ3) is 2.99. The molecule has 3 heterocycles. The molecule has 2 aromatic rings. The number of hydrogen-bond donors (Lipinski definition) is 1. The molecule has 0 aliphatic carbocycles. The third-order valence-electron chi connectivity index (χ3n) is 4.94. The molecule has 1 N–H and O–H groups in total. The van der Waals surface area contributed by atoms with Gasteiger partial charge in [0, 0.05) is 19.7 Å². The molecule has 2 aliphatic rings. The van der Waals surface area contributed by atoms with Crippen molar-refractivity contribution in [3.63, 3.8) is 0 Å². The van der Waals surface area contributed by atoms with Crippen LogP contribution < -0.4 is 5.32 Å². The molecule has 4 rings (SSSR count). The number of ether oxygens (including phenoxy) is 1. The highest BCUT2D eigenvalue weighted by atomic mass is 16.7. The molecule has 1 saturated heterocycles. The van der Waals surface area contributed by atoms with Gasteiger partial charge in [-0.2, -0.15) is 10.2 Å². The Balaban J connectivity index is 1.57. The quantitative estimate of drug-likeness (QED) is 0.865. The fraction of sp³-hybridized carbons (Fsp3) is 0.389. The monoisotopic (exact) mass is 371 g/mol. The Bertz CT molecular complexity index is 853. The zero-order chi connectivity index (χ0) is 19.0. The molecule has 0 spiro atoms. The summed E-state index contributed by atoms with van der Waals surface area (Å²) < 4.78 is 6.95. The zero-order valence-electron chi connectivity index (χ0n) is 15.2. The van der Waals surface area contributed by atoms with Crippen LogP contribution in [0, 0.1) is 0 Å². The van der Waals surface area contributed by atoms with Crippen molar-refractivity contribution < 1.29 is 19.2 Å². The van der Waals surface area contributed by atoms with Gasteiger partial charge < -0.3 is 15.0 Å². The number of nitrogens with zero attached hydrogens (tertiary/aromatic N) is 4. The number of nitrogens with one attached hydrogen (secondary N) is 1. The van der Waals surface area contributed by atoms with Gasteiger partial charge in [-0.05, 0) is 5.56 Å². The van der Waals surface area contributed by atoms with Crippen molar-refractivity contribution >= 4 is 12.1 Å². The van der Waals surface area contributed by atoms with E-state index in [0.717, 1.165) is 16.8 Å². The van der Waals surface area contributed by atoms with E-state index in [1.807, 2.05) is 37.4 Å². The van der Waals surface area contributed by atoms with Crippen LogP contribution in [0.1, 0.15) is 28.9 Å². The van der Waals surface area contributed by atoms with E-state index in [-0.39, 0.29) is 18.7 Å². The number of amides is 3. The highest BCUT2D eigenvalue weighted by molar-refractivity contribution is 5.78. The van der Waals surface area contributed by atoms with E-state index in [4.69, 9.17) is 9.57 Å². The predicted octanol–water partition coefficient (Wildman–Crippen LogP) is 1.74. The molecular formula is C18H21N5O4. The van der Waals surface area contributed by atoms with Crippen molar-refractivity contribution in [2.75, 3.05) is 20.2 Å². The molecule has 2 aliphatic heterocycles. The van der Waals surface area contributed by atoms with Crippen molar-refractivity contribution in [3.8, 4) is 0 Å². The summed E-state index contributed by atoms with van der Waals surface area (Å²) >= 11 is 0. The smallest absolute Gasteiger partial charge is 0.406 e. The standard InChI is InChI=1S/C18H21N5O4/c1-19-17(24)26-11-15-16-13(8-20-21(16)2)14-9-22(15)18(25)23(14)27-10-12-6-4-3-5-7-12/h3-8,14-15H,9-11H2,1-2H3,(H,19,24)/t14-,15-/m1/s1. The van der Waals surface area contributed by atoms with E-state index < -0.39 is 12.1 Å². The third-order valence-corrected chi connectivity index (χ3v) is 4.94. The molecule has 9 nitrogen and oxygen atoms in total. The Morgan fingerprint density at radius 1 is 1.33 bits per heavy atom. The molecule has 9 heteroatoms. The molecule has 0 unspecified atom stereocenters. The minimum absolute atomic E-state index is 0.0528. The summed E-state index contributed by atoms with van der Waals surface area (Å²) in [4.78, 5) is 32.0. The Hall–Kier alpha value is -3.07. The summed E-state index contributed by atoms with van der Waals surface area (Å²) in [7, 11) is 3.31. The molecule has 1 aromatic heterocycles. The van der Waals surface area contributed by atoms with Crippen LogP contribution >= 0.6 is 0 Å². The summed E-state index contributed by atoms with van der Waals surface area (Å²) in [6.07, 6.45) is 1.21. The van der Waals surface area contributed by atoms with E-state index in [2.05, 4.69) is 10.4 Å². The van der Waals surface area contributed by atoms with Gasteiger partial charge in [-0.25, -0.2) is 9.59 Å². The Labute approximate surface area is 156 Å². The van der Waals surface area contributed by atoms with Gasteiger partial charge in [0.15, 0.2) is 0 Å². The van der Waals surface area contributed by atoms with Gasteiger partial charge in [-0.3, -0.25) is 9.52 Å². The van der Waals surface area contributed by atoms with Crippen molar-refractivity contribution in [1.29, 1.82) is 0 Å². The number of aryl methyl sites for hydroxylation is 1. The van der Waals surface area contributed by atoms with Crippen molar-refractivity contribution in [2.45, 2.75) is 18.7 Å². The van der Waals surface area contributed by atoms with E-state index in [0.29, 0.717) is 13.2 Å². The fourth-order valence-electron chi connectivity index (χ4n) is 3.62. The second-order valence-electron chi connectivity index (χ2n) is 6.51. The van der Waals surface area contributed by atoms with E-state index in [1.165, 1.54) is 12.1 Å². The second-order valence-corrected chi connectivity index (χ2v) is 6.51. The van der Waals surface area contributed by atoms with Crippen molar-refractivity contribution in [3.05, 3.63) is 53.3 Å². The van der Waals surface area contributed by atoms with Gasteiger partial charge in [0.25, 0.3) is 0 Å². The summed E-state index contributed by atoms with van der Waals surface area (Å²) in [6, 6.07) is 8.81. The van der Waals surface area contributed by atoms with Gasteiger partial charge in [0.2, 0.25) is 0 Å². The zero-order valence-corrected chi connectivity index (χ0v) is 15.2. The number of urea groups is 1. The lowest BCUT2D eigenvalue weighted by molar-refractivity contribution is -0.141. The summed E-state index contributed by atoms with van der Waals surface area (Å²) in [5.74, 6) is 0. The van der Waals surface area contributed by atoms with Gasteiger partial charge in [-0.1, -0.05) is 30.3 Å². The van der Waals surface area contributed by atoms with E-state index >= 15 is 0 Å². The molecule has 0 radical (unpaired) electrons. The van der Waals surface area contributed by atoms with Crippen LogP contribution in [-0.2, 0) is 23.2 Å². The number of alkyl carbamates (subject to hydrolysis) is 1. The first-order chi connectivity index (χ1) is 13.1. The van der Waals surface area contributed by atoms with Gasteiger partial charge in [0.1, 0.15) is 25.3 Å². The number of rotatable bonds is 5. The van der Waals surface area contributed by atoms with Crippen LogP contribution in [0.15, 0.2) is 36.5 Å². The summed E-state index contributed by atoms with van der Waals surface area (Å²) in [5.41, 5.74) is 2.75. The minimum Gasteiger partial charge on any atom is -0.447 e. The van der Waals surface area contributed by atoms with Crippen LogP contribution in [0.25, 0.3) is 0 Å². The van der Waals surface area contributed by atoms with Crippen molar-refractivity contribution in [1.82, 2.24) is 25.1 Å². The Kier molecular flexibility index (Phi) is 4.44. The minimum atomic E-state index is -0.537. The molecule has 27 heavy (non-hydrogen) atoms. The SMILES string of the molecule is CNC(=O)OC[C@@H]1c2c(cnn2C)[C@H]2CN1C(=O)N2OCc1ccccc1. The number of aromatic nitrogens is 2. The lowest BCUT2D eigenvalue weighted by atomic mass is 9.98. The van der Waals surface area contributed by atoms with E-state index in [9.17, 15) is 9.59 Å². The van der Waals surface area contributed by atoms with Gasteiger partial charge >= 0.3 is 12.1 Å². The number of hydroxylamine groups is 2. The molecule has 2 atom stereocenters. The Morgan fingerprint density at radius 3 is 2.85 bits per heavy atom. The van der Waals surface area contributed by atoms with Crippen LogP contribution in [0.5, 0.6) is 0 Å². The molecule has 0 saturated carbocycles. The molecule has 142 valence electrons. The molecule has 1 fully saturated rings. The van der Waals surface area contributed by atoms with Crippen LogP contribution in [0.4, 0.5) is 9.59 Å². The molecular weight excluding hydrogens is 350 g/mol. The van der Waals surface area contributed by atoms with Crippen molar-refractivity contribution in [2.24, 2.45) is 7.05 Å². The van der Waals surface area contributed by atoms with Gasteiger partial charge in [-0.15, -0.1) is 0 Å². The molecule has 3 amide bonds. The first-order valence-electron chi connectivity index (χ1n) is 8.73. The first-order valence-corrected chi connectivity index (χ1v) is 8.73. The number of fused-ring (bicyclic) bond motifs is 4. The number of hydrogen-bond acceptors (Lipinski definition) is 5. The number of carbonyl (C=O) groups is 2. The number of benzene rings is 1. The topological polar surface area (TPSA) is 88.9 Å². The summed E-state index contributed by atoms with van der Waals surface area (Å²) in [5, 5.41) is 8.16. The highest BCUT2D eigenvalue weighted by Crippen LogP contribution is 2.43. The van der Waals surface area contributed by atoms with E-state index in [1.54, 1.807) is 15.8 Å². The summed E-state index contributed by atoms with van der Waals surface area (Å²) in [6.45, 7) is 0.817. The second kappa shape index (κ2) is 6.92.